The molecule has 0 aliphatic carbocycles. The number of aliphatic hydroxyl groups excluding tert-OH is 1. The fourth-order valence-electron chi connectivity index (χ4n) is 5.43. The van der Waals surface area contributed by atoms with E-state index in [0.717, 1.165) is 12.8 Å². The maximum absolute atomic E-state index is 14.3. The number of halogens is 1. The van der Waals surface area contributed by atoms with Crippen molar-refractivity contribution in [1.82, 2.24) is 9.80 Å². The van der Waals surface area contributed by atoms with E-state index in [9.17, 15) is 23.1 Å². The molecule has 0 unspecified atom stereocenters. The number of nitrogens with zero attached hydrogens (tertiary/aromatic N) is 2. The molecule has 0 spiro atoms. The zero-order chi connectivity index (χ0) is 34.1. The second kappa shape index (κ2) is 16.5. The van der Waals surface area contributed by atoms with Gasteiger partial charge in [0, 0.05) is 48.9 Å². The Kier molecular flexibility index (Phi) is 12.7. The van der Waals surface area contributed by atoms with E-state index in [1.807, 2.05) is 32.0 Å². The van der Waals surface area contributed by atoms with Crippen molar-refractivity contribution in [2.24, 2.45) is 5.92 Å². The monoisotopic (exact) mass is 685 g/mol. The number of carbonyl (C=O) groups excluding carboxylic acids is 2. The predicted molar refractivity (Wildman–Crippen MR) is 183 cm³/mol. The normalized spacial score (nSPS) is 20.3. The molecule has 3 aromatic rings. The van der Waals surface area contributed by atoms with E-state index < -0.39 is 28.1 Å². The first kappa shape index (κ1) is 36.2. The molecule has 2 amide bonds. The number of ether oxygens (including phenoxy) is 2. The smallest absolute Gasteiger partial charge is 0.261 e. The maximum atomic E-state index is 14.3. The van der Waals surface area contributed by atoms with E-state index in [-0.39, 0.29) is 47.2 Å². The van der Waals surface area contributed by atoms with Crippen LogP contribution in [0.4, 0.5) is 5.69 Å². The Hall–Kier alpha value is -3.64. The topological polar surface area (TPSA) is 125 Å². The van der Waals surface area contributed by atoms with Crippen LogP contribution in [0.1, 0.15) is 60.7 Å². The summed E-state index contributed by atoms with van der Waals surface area (Å²) >= 11 is 5.94. The van der Waals surface area contributed by atoms with Crippen molar-refractivity contribution in [3.63, 3.8) is 0 Å². The molecule has 4 atom stereocenters. The number of amides is 2. The lowest BCUT2D eigenvalue weighted by molar-refractivity contribution is -0.0149. The van der Waals surface area contributed by atoms with E-state index in [1.165, 1.54) is 30.3 Å². The summed E-state index contributed by atoms with van der Waals surface area (Å²) in [6.45, 7) is 6.30. The minimum Gasteiger partial charge on any atom is -0.490 e. The van der Waals surface area contributed by atoms with Gasteiger partial charge in [-0.15, -0.1) is 0 Å². The van der Waals surface area contributed by atoms with Crippen LogP contribution in [0.25, 0.3) is 0 Å². The van der Waals surface area contributed by atoms with Gasteiger partial charge in [-0.05, 0) is 87.7 Å². The molecule has 10 nitrogen and oxygen atoms in total. The van der Waals surface area contributed by atoms with Crippen LogP contribution in [0.2, 0.25) is 5.02 Å². The van der Waals surface area contributed by atoms with Crippen LogP contribution in [-0.4, -0.2) is 86.7 Å². The fraction of sp³-hybridized carbons (Fsp3) is 0.429. The summed E-state index contributed by atoms with van der Waals surface area (Å²) in [4.78, 5) is 30.7. The molecule has 1 heterocycles. The first-order valence-corrected chi connectivity index (χ1v) is 17.7. The summed E-state index contributed by atoms with van der Waals surface area (Å²) in [5.74, 6) is -0.488. The van der Waals surface area contributed by atoms with E-state index in [2.05, 4.69) is 4.72 Å². The van der Waals surface area contributed by atoms with E-state index in [1.54, 1.807) is 48.0 Å². The number of aliphatic hydroxyl groups is 1. The van der Waals surface area contributed by atoms with Crippen LogP contribution in [0.5, 0.6) is 5.75 Å². The highest BCUT2D eigenvalue weighted by atomic mass is 35.5. The van der Waals surface area contributed by atoms with Crippen LogP contribution < -0.4 is 9.46 Å². The molecule has 12 heteroatoms. The third-order valence-corrected chi connectivity index (χ3v) is 9.90. The average molecular weight is 686 g/mol. The Morgan fingerprint density at radius 1 is 1.09 bits per heavy atom. The van der Waals surface area contributed by atoms with Gasteiger partial charge >= 0.3 is 0 Å². The summed E-state index contributed by atoms with van der Waals surface area (Å²) in [5.41, 5.74) is 0.908. The maximum Gasteiger partial charge on any atom is 0.261 e. The number of hydrogen-bond donors (Lipinski definition) is 2. The summed E-state index contributed by atoms with van der Waals surface area (Å²) < 4.78 is 41.5. The van der Waals surface area contributed by atoms with Gasteiger partial charge < -0.3 is 24.4 Å². The summed E-state index contributed by atoms with van der Waals surface area (Å²) in [5, 5.41) is 10.6. The standard InChI is InChI=1S/C35H44ClN3O7S/c1-24-21-39(25(2)23-40)35(42)31-20-29(37-47(43,44)30-16-13-28(36)14-17-30)15-18-32(31)46-26(3)10-8-9-19-45-33(24)22-38(4)34(41)27-11-6-5-7-12-27/h5-7,11-18,20,24-26,33,37,40H,8-10,19,21-23H2,1-4H3/t24-,25+,26+,33+/m1/s1. The third kappa shape index (κ3) is 9.70. The van der Waals surface area contributed by atoms with Crippen LogP contribution in [-0.2, 0) is 14.8 Å². The number of sulfonamides is 1. The molecule has 1 aliphatic heterocycles. The number of hydrogen-bond acceptors (Lipinski definition) is 7. The second-order valence-corrected chi connectivity index (χ2v) is 14.2. The van der Waals surface area contributed by atoms with Gasteiger partial charge in [-0.2, -0.15) is 0 Å². The van der Waals surface area contributed by atoms with Gasteiger partial charge in [0.25, 0.3) is 21.8 Å². The first-order valence-electron chi connectivity index (χ1n) is 15.8. The zero-order valence-electron chi connectivity index (χ0n) is 27.3. The van der Waals surface area contributed by atoms with Gasteiger partial charge in [0.15, 0.2) is 0 Å². The summed E-state index contributed by atoms with van der Waals surface area (Å²) in [7, 11) is -2.25. The predicted octanol–water partition coefficient (Wildman–Crippen LogP) is 5.71. The number of likely N-dealkylation sites (N-methyl/N-ethyl adjacent to an activating group) is 1. The quantitative estimate of drug-likeness (QED) is 0.311. The summed E-state index contributed by atoms with van der Waals surface area (Å²) in [6.07, 6.45) is 1.65. The Morgan fingerprint density at radius 2 is 1.79 bits per heavy atom. The molecule has 0 saturated carbocycles. The fourth-order valence-corrected chi connectivity index (χ4v) is 6.61. The SMILES string of the molecule is C[C@@H]1CN([C@@H](C)CO)C(=O)c2cc(NS(=O)(=O)c3ccc(Cl)cc3)ccc2O[C@@H](C)CCCCO[C@H]1CN(C)C(=O)c1ccccc1. The van der Waals surface area contributed by atoms with Crippen molar-refractivity contribution in [2.45, 2.75) is 63.2 Å². The lowest BCUT2D eigenvalue weighted by atomic mass is 10.0. The van der Waals surface area contributed by atoms with E-state index in [4.69, 9.17) is 21.1 Å². The molecular weight excluding hydrogens is 642 g/mol. The van der Waals surface area contributed by atoms with Gasteiger partial charge in [0.05, 0.1) is 35.3 Å². The minimum absolute atomic E-state index is 0.0179. The highest BCUT2D eigenvalue weighted by molar-refractivity contribution is 7.92. The molecule has 3 aromatic carbocycles. The molecular formula is C35H44ClN3O7S. The van der Waals surface area contributed by atoms with Crippen LogP contribution in [0.15, 0.2) is 77.7 Å². The van der Waals surface area contributed by atoms with Gasteiger partial charge in [0.2, 0.25) is 0 Å². The van der Waals surface area contributed by atoms with Crippen LogP contribution in [0.3, 0.4) is 0 Å². The summed E-state index contributed by atoms with van der Waals surface area (Å²) in [6, 6.07) is 18.8. The Morgan fingerprint density at radius 3 is 2.47 bits per heavy atom. The highest BCUT2D eigenvalue weighted by Gasteiger charge is 2.31. The van der Waals surface area contributed by atoms with Gasteiger partial charge in [-0.1, -0.05) is 36.7 Å². The molecule has 2 N–H and O–H groups in total. The third-order valence-electron chi connectivity index (χ3n) is 8.25. The number of fused-ring (bicyclic) bond motifs is 1. The first-order chi connectivity index (χ1) is 22.4. The lowest BCUT2D eigenvalue weighted by Gasteiger charge is -2.36. The Labute approximate surface area is 282 Å². The zero-order valence-corrected chi connectivity index (χ0v) is 28.8. The van der Waals surface area contributed by atoms with E-state index >= 15 is 0 Å². The minimum atomic E-state index is -3.99. The number of benzene rings is 3. The van der Waals surface area contributed by atoms with Crippen molar-refractivity contribution in [3.8, 4) is 5.75 Å². The van der Waals surface area contributed by atoms with Crippen molar-refractivity contribution < 1.29 is 32.6 Å². The largest absolute Gasteiger partial charge is 0.490 e. The second-order valence-electron chi connectivity index (χ2n) is 12.1. The van der Waals surface area contributed by atoms with Crippen molar-refractivity contribution in [1.29, 1.82) is 0 Å². The van der Waals surface area contributed by atoms with Gasteiger partial charge in [-0.3, -0.25) is 14.3 Å². The van der Waals surface area contributed by atoms with Crippen LogP contribution >= 0.6 is 11.6 Å². The molecule has 0 radical (unpaired) electrons. The highest BCUT2D eigenvalue weighted by Crippen LogP contribution is 2.30. The van der Waals surface area contributed by atoms with Crippen LogP contribution in [0, 0.1) is 5.92 Å². The molecule has 47 heavy (non-hydrogen) atoms. The molecule has 0 saturated heterocycles. The van der Waals surface area contributed by atoms with Crippen molar-refractivity contribution >= 4 is 39.1 Å². The molecule has 1 aliphatic rings. The Balaban J connectivity index is 1.66. The van der Waals surface area contributed by atoms with Crippen molar-refractivity contribution in [3.05, 3.63) is 88.9 Å². The average Bonchev–Trinajstić information content (AvgIpc) is 3.06. The molecule has 0 aromatic heterocycles. The lowest BCUT2D eigenvalue weighted by Crippen LogP contribution is -2.48. The Bertz CT molecular complexity index is 1610. The number of carbonyl (C=O) groups is 2. The molecule has 254 valence electrons. The van der Waals surface area contributed by atoms with Crippen molar-refractivity contribution in [2.75, 3.05) is 38.1 Å². The van der Waals surface area contributed by atoms with Gasteiger partial charge in [0.1, 0.15) is 5.75 Å². The van der Waals surface area contributed by atoms with E-state index in [0.29, 0.717) is 35.9 Å². The number of rotatable bonds is 8. The number of anilines is 1. The van der Waals surface area contributed by atoms with Gasteiger partial charge in [-0.25, -0.2) is 8.42 Å². The molecule has 0 bridgehead atoms. The molecule has 4 rings (SSSR count). The number of nitrogens with one attached hydrogen (secondary N) is 1. The molecule has 0 fully saturated rings.